The molecule has 0 saturated heterocycles. The van der Waals surface area contributed by atoms with Crippen molar-refractivity contribution in [2.45, 2.75) is 18.4 Å². The predicted octanol–water partition coefficient (Wildman–Crippen LogP) is 2.83. The highest BCUT2D eigenvalue weighted by molar-refractivity contribution is 7.89. The summed E-state index contributed by atoms with van der Waals surface area (Å²) < 4.78 is 33.6. The van der Waals surface area contributed by atoms with Gasteiger partial charge in [-0.05, 0) is 48.9 Å². The zero-order valence-corrected chi connectivity index (χ0v) is 17.9. The van der Waals surface area contributed by atoms with Gasteiger partial charge in [-0.1, -0.05) is 12.1 Å². The molecular formula is C21H24N4O4S. The van der Waals surface area contributed by atoms with E-state index in [0.717, 1.165) is 9.87 Å². The molecule has 1 aromatic heterocycles. The van der Waals surface area contributed by atoms with Crippen molar-refractivity contribution in [3.8, 4) is 5.75 Å². The second-order valence-electron chi connectivity index (χ2n) is 6.74. The number of carbonyl (C=O) groups is 1. The van der Waals surface area contributed by atoms with E-state index in [1.165, 1.54) is 20.2 Å². The standard InChI is InChI=1S/C21H24N4O4S/c1-4-29-19-11-10-18(14-20(19)30(27,28)24(2)3)23-21(26)17-8-6-16(7-9-17)15-25-13-5-12-22-25/h5-14H,4,15H2,1-3H3,(H,23,26). The number of ether oxygens (including phenoxy) is 1. The largest absolute Gasteiger partial charge is 0.492 e. The number of amides is 1. The second-order valence-corrected chi connectivity index (χ2v) is 8.86. The van der Waals surface area contributed by atoms with Crippen molar-refractivity contribution in [3.05, 3.63) is 72.1 Å². The summed E-state index contributed by atoms with van der Waals surface area (Å²) in [4.78, 5) is 12.6. The maximum absolute atomic E-state index is 12.6. The maximum atomic E-state index is 12.6. The van der Waals surface area contributed by atoms with Gasteiger partial charge in [-0.2, -0.15) is 5.10 Å². The van der Waals surface area contributed by atoms with Crippen molar-refractivity contribution in [3.63, 3.8) is 0 Å². The van der Waals surface area contributed by atoms with Gasteiger partial charge in [0, 0.05) is 37.7 Å². The Morgan fingerprint density at radius 1 is 1.17 bits per heavy atom. The normalized spacial score (nSPS) is 11.5. The van der Waals surface area contributed by atoms with Crippen LogP contribution in [-0.2, 0) is 16.6 Å². The first-order valence-electron chi connectivity index (χ1n) is 9.38. The Kier molecular flexibility index (Phi) is 6.53. The molecule has 1 heterocycles. The zero-order valence-electron chi connectivity index (χ0n) is 17.1. The fraction of sp³-hybridized carbons (Fsp3) is 0.238. The van der Waals surface area contributed by atoms with Gasteiger partial charge in [0.15, 0.2) is 0 Å². The summed E-state index contributed by atoms with van der Waals surface area (Å²) in [6.45, 7) is 2.71. The summed E-state index contributed by atoms with van der Waals surface area (Å²) in [5.74, 6) is -0.0924. The Morgan fingerprint density at radius 3 is 2.50 bits per heavy atom. The molecule has 3 rings (SSSR count). The lowest BCUT2D eigenvalue weighted by Crippen LogP contribution is -2.23. The van der Waals surface area contributed by atoms with Gasteiger partial charge in [0.1, 0.15) is 10.6 Å². The molecule has 1 N–H and O–H groups in total. The summed E-state index contributed by atoms with van der Waals surface area (Å²) in [6, 6.07) is 13.6. The number of nitrogens with one attached hydrogen (secondary N) is 1. The smallest absolute Gasteiger partial charge is 0.255 e. The second kappa shape index (κ2) is 9.10. The molecule has 1 amide bonds. The first kappa shape index (κ1) is 21.5. The number of rotatable bonds is 8. The van der Waals surface area contributed by atoms with Gasteiger partial charge < -0.3 is 10.1 Å². The number of carbonyl (C=O) groups excluding carboxylic acids is 1. The molecule has 0 atom stereocenters. The molecule has 8 nitrogen and oxygen atoms in total. The first-order chi connectivity index (χ1) is 14.3. The van der Waals surface area contributed by atoms with Crippen molar-refractivity contribution < 1.29 is 17.9 Å². The molecule has 3 aromatic rings. The summed E-state index contributed by atoms with van der Waals surface area (Å²) in [5, 5.41) is 6.91. The van der Waals surface area contributed by atoms with Gasteiger partial charge >= 0.3 is 0 Å². The van der Waals surface area contributed by atoms with E-state index in [1.807, 2.05) is 24.4 Å². The van der Waals surface area contributed by atoms with E-state index in [9.17, 15) is 13.2 Å². The van der Waals surface area contributed by atoms with E-state index in [1.54, 1.807) is 42.1 Å². The number of anilines is 1. The van der Waals surface area contributed by atoms with Crippen molar-refractivity contribution in [2.24, 2.45) is 0 Å². The van der Waals surface area contributed by atoms with Crippen LogP contribution < -0.4 is 10.1 Å². The average Bonchev–Trinajstić information content (AvgIpc) is 3.22. The van der Waals surface area contributed by atoms with Crippen LogP contribution in [0, 0.1) is 0 Å². The number of nitrogens with zero attached hydrogens (tertiary/aromatic N) is 3. The van der Waals surface area contributed by atoms with E-state index in [-0.39, 0.29) is 16.6 Å². The molecule has 0 spiro atoms. The Hall–Kier alpha value is -3.17. The molecule has 9 heteroatoms. The van der Waals surface area contributed by atoms with Crippen LogP contribution in [0.5, 0.6) is 5.75 Å². The number of hydrogen-bond donors (Lipinski definition) is 1. The van der Waals surface area contributed by atoms with Gasteiger partial charge in [-0.15, -0.1) is 0 Å². The van der Waals surface area contributed by atoms with Crippen molar-refractivity contribution in [2.75, 3.05) is 26.0 Å². The van der Waals surface area contributed by atoms with E-state index >= 15 is 0 Å². The summed E-state index contributed by atoms with van der Waals surface area (Å²) >= 11 is 0. The van der Waals surface area contributed by atoms with Gasteiger partial charge in [0.2, 0.25) is 10.0 Å². The monoisotopic (exact) mass is 428 g/mol. The quantitative estimate of drug-likeness (QED) is 0.595. The van der Waals surface area contributed by atoms with Crippen LogP contribution in [0.3, 0.4) is 0 Å². The molecule has 0 aliphatic carbocycles. The number of sulfonamides is 1. The highest BCUT2D eigenvalue weighted by Gasteiger charge is 2.23. The Balaban J connectivity index is 1.79. The summed E-state index contributed by atoms with van der Waals surface area (Å²) in [7, 11) is -0.843. The number of benzene rings is 2. The molecular weight excluding hydrogens is 404 g/mol. The van der Waals surface area contributed by atoms with Crippen molar-refractivity contribution in [1.29, 1.82) is 0 Å². The molecule has 158 valence electrons. The lowest BCUT2D eigenvalue weighted by Gasteiger charge is -2.16. The zero-order chi connectivity index (χ0) is 21.7. The van der Waals surface area contributed by atoms with E-state index in [0.29, 0.717) is 24.4 Å². The molecule has 0 unspecified atom stereocenters. The van der Waals surface area contributed by atoms with E-state index < -0.39 is 10.0 Å². The van der Waals surface area contributed by atoms with E-state index in [2.05, 4.69) is 10.4 Å². The fourth-order valence-corrected chi connectivity index (χ4v) is 3.86. The maximum Gasteiger partial charge on any atom is 0.255 e. The minimum Gasteiger partial charge on any atom is -0.492 e. The fourth-order valence-electron chi connectivity index (χ4n) is 2.80. The third-order valence-corrected chi connectivity index (χ3v) is 6.22. The van der Waals surface area contributed by atoms with Crippen LogP contribution in [0.4, 0.5) is 5.69 Å². The van der Waals surface area contributed by atoms with Crippen LogP contribution in [0.15, 0.2) is 65.8 Å². The van der Waals surface area contributed by atoms with Gasteiger partial charge in [0.25, 0.3) is 5.91 Å². The number of hydrogen-bond acceptors (Lipinski definition) is 5. The molecule has 0 saturated carbocycles. The minimum atomic E-state index is -3.73. The molecule has 0 aliphatic heterocycles. The van der Waals surface area contributed by atoms with Gasteiger partial charge in [-0.25, -0.2) is 12.7 Å². The Bertz CT molecular complexity index is 1110. The third-order valence-electron chi connectivity index (χ3n) is 4.38. The highest BCUT2D eigenvalue weighted by Crippen LogP contribution is 2.29. The predicted molar refractivity (Wildman–Crippen MR) is 114 cm³/mol. The highest BCUT2D eigenvalue weighted by atomic mass is 32.2. The third kappa shape index (κ3) is 4.87. The summed E-state index contributed by atoms with van der Waals surface area (Å²) in [5.41, 5.74) is 1.84. The molecule has 30 heavy (non-hydrogen) atoms. The van der Waals surface area contributed by atoms with Crippen LogP contribution in [0.1, 0.15) is 22.8 Å². The van der Waals surface area contributed by atoms with E-state index in [4.69, 9.17) is 4.74 Å². The summed E-state index contributed by atoms with van der Waals surface area (Å²) in [6.07, 6.45) is 3.58. The van der Waals surface area contributed by atoms with Crippen LogP contribution in [0.2, 0.25) is 0 Å². The minimum absolute atomic E-state index is 0.00159. The molecule has 0 aliphatic rings. The molecule has 0 bridgehead atoms. The molecule has 0 fully saturated rings. The van der Waals surface area contributed by atoms with Crippen LogP contribution in [-0.4, -0.2) is 49.1 Å². The van der Waals surface area contributed by atoms with Crippen LogP contribution >= 0.6 is 0 Å². The van der Waals surface area contributed by atoms with Crippen molar-refractivity contribution >= 4 is 21.6 Å². The SMILES string of the molecule is CCOc1ccc(NC(=O)c2ccc(Cn3cccn3)cc2)cc1S(=O)(=O)N(C)C. The average molecular weight is 429 g/mol. The van der Waals surface area contributed by atoms with Gasteiger partial charge in [0.05, 0.1) is 13.2 Å². The topological polar surface area (TPSA) is 93.5 Å². The Labute approximate surface area is 176 Å². The van der Waals surface area contributed by atoms with Crippen LogP contribution in [0.25, 0.3) is 0 Å². The van der Waals surface area contributed by atoms with Gasteiger partial charge in [-0.3, -0.25) is 9.48 Å². The molecule has 2 aromatic carbocycles. The molecule has 0 radical (unpaired) electrons. The lowest BCUT2D eigenvalue weighted by atomic mass is 10.1. The lowest BCUT2D eigenvalue weighted by molar-refractivity contribution is 0.102. The number of aromatic nitrogens is 2. The van der Waals surface area contributed by atoms with Crippen molar-refractivity contribution in [1.82, 2.24) is 14.1 Å². The Morgan fingerprint density at radius 2 is 1.90 bits per heavy atom. The first-order valence-corrected chi connectivity index (χ1v) is 10.8.